The molecule has 1 aromatic rings. The zero-order valence-corrected chi connectivity index (χ0v) is 11.9. The second-order valence-corrected chi connectivity index (χ2v) is 6.21. The third-order valence-corrected chi connectivity index (χ3v) is 4.37. The van der Waals surface area contributed by atoms with Crippen molar-refractivity contribution in [1.29, 1.82) is 0 Å². The Labute approximate surface area is 116 Å². The zero-order chi connectivity index (χ0) is 15.5. The molecule has 8 heteroatoms. The van der Waals surface area contributed by atoms with Gasteiger partial charge < -0.3 is 5.73 Å². The van der Waals surface area contributed by atoms with Crippen LogP contribution in [0, 0.1) is 17.6 Å². The van der Waals surface area contributed by atoms with Crippen LogP contribution in [0.15, 0.2) is 23.1 Å². The highest BCUT2D eigenvalue weighted by Crippen LogP contribution is 2.16. The number of halogens is 2. The number of nitrogens with two attached hydrogens (primary N) is 1. The van der Waals surface area contributed by atoms with Crippen molar-refractivity contribution in [2.75, 3.05) is 0 Å². The molecular formula is C12H16F2N2O3S. The maximum Gasteiger partial charge on any atom is 0.241 e. The topological polar surface area (TPSA) is 89.3 Å². The molecule has 0 aliphatic rings. The molecule has 0 radical (unpaired) electrons. The molecule has 0 bridgehead atoms. The average Bonchev–Trinajstić information content (AvgIpc) is 2.33. The van der Waals surface area contributed by atoms with Crippen molar-refractivity contribution in [2.45, 2.75) is 31.2 Å². The van der Waals surface area contributed by atoms with Crippen LogP contribution in [0.25, 0.3) is 0 Å². The molecule has 20 heavy (non-hydrogen) atoms. The van der Waals surface area contributed by atoms with E-state index in [4.69, 9.17) is 5.73 Å². The largest absolute Gasteiger partial charge is 0.368 e. The number of hydrogen-bond acceptors (Lipinski definition) is 3. The molecule has 0 aliphatic carbocycles. The smallest absolute Gasteiger partial charge is 0.241 e. The van der Waals surface area contributed by atoms with Gasteiger partial charge in [-0.1, -0.05) is 20.3 Å². The minimum atomic E-state index is -4.24. The third-order valence-electron chi connectivity index (χ3n) is 2.95. The SMILES string of the molecule is CCC(C)C(NS(=O)(=O)c1cc(F)cc(F)c1)C(N)=O. The van der Waals surface area contributed by atoms with E-state index in [1.165, 1.54) is 0 Å². The van der Waals surface area contributed by atoms with Crippen LogP contribution in [0.1, 0.15) is 20.3 Å². The summed E-state index contributed by atoms with van der Waals surface area (Å²) in [6.45, 7) is 3.40. The van der Waals surface area contributed by atoms with E-state index >= 15 is 0 Å². The first-order valence-corrected chi connectivity index (χ1v) is 7.43. The minimum Gasteiger partial charge on any atom is -0.368 e. The second kappa shape index (κ2) is 6.27. The fraction of sp³-hybridized carbons (Fsp3) is 0.417. The van der Waals surface area contributed by atoms with Gasteiger partial charge in [0.15, 0.2) is 0 Å². The number of sulfonamides is 1. The Kier molecular flexibility index (Phi) is 5.18. The maximum atomic E-state index is 13.1. The van der Waals surface area contributed by atoms with Crippen molar-refractivity contribution in [1.82, 2.24) is 4.72 Å². The molecule has 1 aromatic carbocycles. The average molecular weight is 306 g/mol. The van der Waals surface area contributed by atoms with E-state index in [-0.39, 0.29) is 5.92 Å². The van der Waals surface area contributed by atoms with Crippen LogP contribution >= 0.6 is 0 Å². The van der Waals surface area contributed by atoms with Crippen molar-refractivity contribution in [3.05, 3.63) is 29.8 Å². The van der Waals surface area contributed by atoms with Crippen LogP contribution in [-0.2, 0) is 14.8 Å². The van der Waals surface area contributed by atoms with Crippen molar-refractivity contribution in [3.63, 3.8) is 0 Å². The van der Waals surface area contributed by atoms with Crippen LogP contribution in [0.4, 0.5) is 8.78 Å². The summed E-state index contributed by atoms with van der Waals surface area (Å²) >= 11 is 0. The second-order valence-electron chi connectivity index (χ2n) is 4.49. The first-order valence-electron chi connectivity index (χ1n) is 5.95. The molecule has 0 saturated heterocycles. The lowest BCUT2D eigenvalue weighted by Crippen LogP contribution is -2.48. The first-order chi connectivity index (χ1) is 9.17. The number of benzene rings is 1. The molecule has 0 saturated carbocycles. The molecular weight excluding hydrogens is 290 g/mol. The van der Waals surface area contributed by atoms with Gasteiger partial charge in [-0.2, -0.15) is 4.72 Å². The normalized spacial score (nSPS) is 14.8. The molecule has 3 N–H and O–H groups in total. The van der Waals surface area contributed by atoms with E-state index < -0.39 is 38.5 Å². The van der Waals surface area contributed by atoms with E-state index in [1.54, 1.807) is 13.8 Å². The lowest BCUT2D eigenvalue weighted by molar-refractivity contribution is -0.120. The third kappa shape index (κ3) is 3.97. The highest BCUT2D eigenvalue weighted by molar-refractivity contribution is 7.89. The van der Waals surface area contributed by atoms with Crippen LogP contribution in [0.3, 0.4) is 0 Å². The first kappa shape index (κ1) is 16.5. The summed E-state index contributed by atoms with van der Waals surface area (Å²) in [5.41, 5.74) is 5.14. The molecule has 1 amide bonds. The van der Waals surface area contributed by atoms with Gasteiger partial charge >= 0.3 is 0 Å². The Morgan fingerprint density at radius 3 is 2.20 bits per heavy atom. The molecule has 0 aromatic heterocycles. The van der Waals surface area contributed by atoms with Gasteiger partial charge in [-0.3, -0.25) is 4.79 Å². The van der Waals surface area contributed by atoms with Gasteiger partial charge in [0.2, 0.25) is 15.9 Å². The molecule has 2 unspecified atom stereocenters. The number of hydrogen-bond donors (Lipinski definition) is 2. The zero-order valence-electron chi connectivity index (χ0n) is 11.1. The standard InChI is InChI=1S/C12H16F2N2O3S/c1-3-7(2)11(12(15)17)16-20(18,19)10-5-8(13)4-9(14)6-10/h4-7,11,16H,3H2,1-2H3,(H2,15,17). The van der Waals surface area contributed by atoms with E-state index in [9.17, 15) is 22.0 Å². The summed E-state index contributed by atoms with van der Waals surface area (Å²) in [5, 5.41) is 0. The van der Waals surface area contributed by atoms with Gasteiger partial charge in [0.25, 0.3) is 0 Å². The summed E-state index contributed by atoms with van der Waals surface area (Å²) in [4.78, 5) is 10.7. The summed E-state index contributed by atoms with van der Waals surface area (Å²) in [7, 11) is -4.24. The van der Waals surface area contributed by atoms with E-state index in [2.05, 4.69) is 4.72 Å². The Bertz CT molecular complexity index is 584. The molecule has 2 atom stereocenters. The fourth-order valence-electron chi connectivity index (χ4n) is 1.61. The quantitative estimate of drug-likeness (QED) is 0.826. The van der Waals surface area contributed by atoms with E-state index in [0.29, 0.717) is 24.6 Å². The van der Waals surface area contributed by atoms with Crippen LogP contribution in [0.2, 0.25) is 0 Å². The van der Waals surface area contributed by atoms with Crippen molar-refractivity contribution < 1.29 is 22.0 Å². The van der Waals surface area contributed by atoms with Gasteiger partial charge in [0.1, 0.15) is 17.7 Å². The lowest BCUT2D eigenvalue weighted by atomic mass is 10.00. The predicted molar refractivity (Wildman–Crippen MR) is 69.1 cm³/mol. The summed E-state index contributed by atoms with van der Waals surface area (Å²) in [6, 6.07) is 0.746. The number of carbonyl (C=O) groups is 1. The van der Waals surface area contributed by atoms with Crippen molar-refractivity contribution in [3.8, 4) is 0 Å². The number of nitrogens with one attached hydrogen (secondary N) is 1. The Morgan fingerprint density at radius 2 is 1.80 bits per heavy atom. The van der Waals surface area contributed by atoms with Crippen LogP contribution in [-0.4, -0.2) is 20.4 Å². The number of primary amides is 1. The van der Waals surface area contributed by atoms with Gasteiger partial charge in [0.05, 0.1) is 4.90 Å². The van der Waals surface area contributed by atoms with Crippen molar-refractivity contribution >= 4 is 15.9 Å². The van der Waals surface area contributed by atoms with Gasteiger partial charge in [-0.25, -0.2) is 17.2 Å². The Balaban J connectivity index is 3.13. The van der Waals surface area contributed by atoms with Gasteiger partial charge in [0, 0.05) is 6.07 Å². The predicted octanol–water partition coefficient (Wildman–Crippen LogP) is 1.14. The maximum absolute atomic E-state index is 13.1. The Hall–Kier alpha value is -1.54. The summed E-state index contributed by atoms with van der Waals surface area (Å²) < 4.78 is 52.2. The van der Waals surface area contributed by atoms with Gasteiger partial charge in [-0.15, -0.1) is 0 Å². The number of carbonyl (C=O) groups excluding carboxylic acids is 1. The minimum absolute atomic E-state index is 0.347. The van der Waals surface area contributed by atoms with Crippen LogP contribution < -0.4 is 10.5 Å². The molecule has 112 valence electrons. The highest BCUT2D eigenvalue weighted by Gasteiger charge is 2.28. The summed E-state index contributed by atoms with van der Waals surface area (Å²) in [5.74, 6) is -3.24. The molecule has 0 fully saturated rings. The fourth-order valence-corrected chi connectivity index (χ4v) is 2.96. The molecule has 5 nitrogen and oxygen atoms in total. The summed E-state index contributed by atoms with van der Waals surface area (Å²) in [6.07, 6.45) is 0.508. The monoisotopic (exact) mass is 306 g/mol. The Morgan fingerprint density at radius 1 is 1.30 bits per heavy atom. The molecule has 0 heterocycles. The molecule has 0 spiro atoms. The lowest BCUT2D eigenvalue weighted by Gasteiger charge is -2.21. The van der Waals surface area contributed by atoms with Crippen molar-refractivity contribution in [2.24, 2.45) is 11.7 Å². The highest BCUT2D eigenvalue weighted by atomic mass is 32.2. The molecule has 1 rings (SSSR count). The number of amides is 1. The van der Waals surface area contributed by atoms with E-state index in [1.807, 2.05) is 0 Å². The van der Waals surface area contributed by atoms with Crippen LogP contribution in [0.5, 0.6) is 0 Å². The van der Waals surface area contributed by atoms with Gasteiger partial charge in [-0.05, 0) is 18.1 Å². The molecule has 0 aliphatic heterocycles. The van der Waals surface area contributed by atoms with E-state index in [0.717, 1.165) is 0 Å². The number of rotatable bonds is 6.